The molecule has 0 amide bonds. The lowest BCUT2D eigenvalue weighted by atomic mass is 9.60. The van der Waals surface area contributed by atoms with Crippen molar-refractivity contribution >= 4 is 61.4 Å². The van der Waals surface area contributed by atoms with E-state index < -0.39 is 22.9 Å². The smallest absolute Gasteiger partial charge is 0.423 e. The number of halogens is 1. The van der Waals surface area contributed by atoms with Crippen molar-refractivity contribution in [1.29, 1.82) is 0 Å². The van der Waals surface area contributed by atoms with Crippen molar-refractivity contribution in [3.05, 3.63) is 324 Å². The lowest BCUT2D eigenvalue weighted by Crippen LogP contribution is -2.34. The van der Waals surface area contributed by atoms with Gasteiger partial charge in [0, 0.05) is 12.1 Å². The third-order valence-corrected chi connectivity index (χ3v) is 17.5. The van der Waals surface area contributed by atoms with Gasteiger partial charge in [-0.3, -0.25) is 20.2 Å². The van der Waals surface area contributed by atoms with Crippen LogP contribution in [0.2, 0.25) is 0 Å². The topological polar surface area (TPSA) is 127 Å². The van der Waals surface area contributed by atoms with E-state index >= 15 is 0 Å². The molecule has 0 bridgehead atoms. The number of hydrogen-bond donors (Lipinski definition) is 2. The second-order valence-corrected chi connectivity index (χ2v) is 21.3. The minimum Gasteiger partial charge on any atom is -0.423 e. The Morgan fingerprint density at radius 3 is 1.02 bits per heavy atom. The third kappa shape index (κ3) is 6.89. The van der Waals surface area contributed by atoms with Crippen molar-refractivity contribution in [3.63, 3.8) is 0 Å². The Morgan fingerprint density at radius 1 is 0.312 bits per heavy atom. The summed E-state index contributed by atoms with van der Waals surface area (Å²) < 4.78 is 0.514. The average Bonchev–Trinajstić information content (AvgIpc) is 4.02. The molecule has 0 saturated carbocycles. The number of nitro groups is 2. The van der Waals surface area contributed by atoms with E-state index in [0.717, 1.165) is 32.7 Å². The van der Waals surface area contributed by atoms with Crippen LogP contribution in [0.5, 0.6) is 0 Å². The number of hydrogen-bond acceptors (Lipinski definition) is 6. The average molecular weight is 1100 g/mol. The summed E-state index contributed by atoms with van der Waals surface area (Å²) in [6, 6.07) is 86.6. The lowest BCUT2D eigenvalue weighted by molar-refractivity contribution is -0.385. The molecule has 380 valence electrons. The highest BCUT2D eigenvalue weighted by Gasteiger charge is 2.51. The van der Waals surface area contributed by atoms with E-state index in [1.165, 1.54) is 89.5 Å². The van der Waals surface area contributed by atoms with Crippen molar-refractivity contribution < 1.29 is 19.9 Å². The molecule has 8 nitrogen and oxygen atoms in total. The molecule has 0 atom stereocenters. The van der Waals surface area contributed by atoms with Crippen LogP contribution in [0.3, 0.4) is 0 Å². The molecule has 12 aromatic rings. The maximum atomic E-state index is 12.0. The molecule has 16 rings (SSSR count). The largest absolute Gasteiger partial charge is 0.489 e. The summed E-state index contributed by atoms with van der Waals surface area (Å²) in [4.78, 5) is 21.5. The molecular weight excluding hydrogens is 1060 g/mol. The number of fused-ring (bicyclic) bond motifs is 18. The summed E-state index contributed by atoms with van der Waals surface area (Å²) in [7, 11) is -1.52. The van der Waals surface area contributed by atoms with E-state index in [4.69, 9.17) is 0 Å². The van der Waals surface area contributed by atoms with Crippen molar-refractivity contribution in [2.24, 2.45) is 0 Å². The molecule has 12 aromatic carbocycles. The predicted octanol–water partition coefficient (Wildman–Crippen LogP) is 16.0. The second-order valence-electron chi connectivity index (χ2n) is 20.4. The maximum Gasteiger partial charge on any atom is 0.489 e. The highest BCUT2D eigenvalue weighted by Crippen LogP contribution is 2.64. The number of benzene rings is 12. The van der Waals surface area contributed by atoms with Gasteiger partial charge < -0.3 is 10.0 Å². The van der Waals surface area contributed by atoms with Crippen LogP contribution in [0, 0.1) is 20.2 Å². The van der Waals surface area contributed by atoms with E-state index in [-0.39, 0.29) is 16.3 Å². The van der Waals surface area contributed by atoms with Crippen LogP contribution in [0.15, 0.2) is 259 Å². The Morgan fingerprint density at radius 2 is 0.625 bits per heavy atom. The molecule has 2 N–H and O–H groups in total. The predicted molar refractivity (Wildman–Crippen MR) is 323 cm³/mol. The van der Waals surface area contributed by atoms with Gasteiger partial charge in [-0.2, -0.15) is 0 Å². The van der Waals surface area contributed by atoms with Crippen LogP contribution < -0.4 is 5.46 Å². The van der Waals surface area contributed by atoms with Gasteiger partial charge in [-0.05, 0) is 150 Å². The number of para-hydroxylation sites is 2. The highest BCUT2D eigenvalue weighted by molar-refractivity contribution is 9.10. The Bertz CT molecular complexity index is 4500. The minimum atomic E-state index is -1.52. The summed E-state index contributed by atoms with van der Waals surface area (Å²) >= 11 is 3.06. The standard InChI is InChI=1S/C35H21NO2.C29H19BO2.C6H4BrNO2/c37-36(38)33-19-8-4-13-26(33)22-20-21-28-25-12-3-7-17-31(25)35(32-18-9-14-27(22)34(28)32)29-15-5-1-10-23(29)24-11-2-6-16-30(24)35;31-30(32)27-17-16-21-20-10-3-6-14-25(20)29(26-15-7-11-22(27)28(21)26)23-12-4-1-8-18(23)19-9-2-5-13-24(19)29;7-5-3-1-2-4-6(5)8(9)10/h1-21H;1-17,31-32H;1-4H. The molecule has 10 heteroatoms. The van der Waals surface area contributed by atoms with E-state index in [1.54, 1.807) is 30.3 Å². The van der Waals surface area contributed by atoms with Gasteiger partial charge in [0.2, 0.25) is 0 Å². The normalized spacial score (nSPS) is 13.3. The molecule has 0 radical (unpaired) electrons. The first-order chi connectivity index (χ1) is 39.1. The first-order valence-electron chi connectivity index (χ1n) is 26.3. The SMILES string of the molecule is O=[N+]([O-])c1ccccc1-c1ccc2c3c(cccc13)C1(c3ccccc3-c3ccccc31)c1ccccc1-2.O=[N+]([O-])c1ccccc1Br.OB(O)c1ccc2c3c(cccc13)C1(c3ccccc3-c3ccccc31)c1ccccc1-2. The van der Waals surface area contributed by atoms with E-state index in [2.05, 4.69) is 198 Å². The zero-order valence-electron chi connectivity index (χ0n) is 42.6. The first kappa shape index (κ1) is 48.8. The fraction of sp³-hybridized carbons (Fsp3) is 0.0286. The van der Waals surface area contributed by atoms with E-state index in [1.807, 2.05) is 36.4 Å². The van der Waals surface area contributed by atoms with Crippen molar-refractivity contribution in [3.8, 4) is 55.6 Å². The van der Waals surface area contributed by atoms with Crippen LogP contribution in [-0.2, 0) is 10.8 Å². The van der Waals surface area contributed by atoms with Crippen LogP contribution >= 0.6 is 15.9 Å². The third-order valence-electron chi connectivity index (χ3n) is 16.8. The summed E-state index contributed by atoms with van der Waals surface area (Å²) in [5.41, 5.74) is 21.2. The molecule has 0 saturated heterocycles. The zero-order valence-corrected chi connectivity index (χ0v) is 44.2. The van der Waals surface area contributed by atoms with Gasteiger partial charge >= 0.3 is 7.12 Å². The van der Waals surface area contributed by atoms with Crippen LogP contribution in [0.4, 0.5) is 11.4 Å². The molecular formula is C70H44BBrN2O6. The Hall–Kier alpha value is -9.58. The first-order valence-corrected chi connectivity index (χ1v) is 27.1. The summed E-state index contributed by atoms with van der Waals surface area (Å²) in [5, 5.41) is 46.6. The van der Waals surface area contributed by atoms with Gasteiger partial charge in [0.1, 0.15) is 0 Å². The molecule has 4 aliphatic rings. The molecule has 2 spiro atoms. The quantitative estimate of drug-likeness (QED) is 0.103. The fourth-order valence-corrected chi connectivity index (χ4v) is 14.3. The molecule has 0 aromatic heterocycles. The lowest BCUT2D eigenvalue weighted by Gasteiger charge is -2.40. The van der Waals surface area contributed by atoms with Crippen molar-refractivity contribution in [2.45, 2.75) is 10.8 Å². The van der Waals surface area contributed by atoms with Gasteiger partial charge in [-0.25, -0.2) is 0 Å². The number of nitrogens with zero attached hydrogens (tertiary/aromatic N) is 2. The molecule has 0 aliphatic heterocycles. The van der Waals surface area contributed by atoms with Gasteiger partial charge in [0.25, 0.3) is 11.4 Å². The van der Waals surface area contributed by atoms with Gasteiger partial charge in [-0.1, -0.05) is 231 Å². The van der Waals surface area contributed by atoms with E-state index in [9.17, 15) is 30.3 Å². The summed E-state index contributed by atoms with van der Waals surface area (Å²) in [6.07, 6.45) is 0. The molecule has 80 heavy (non-hydrogen) atoms. The molecule has 0 heterocycles. The summed E-state index contributed by atoms with van der Waals surface area (Å²) in [6.45, 7) is 0. The minimum absolute atomic E-state index is 0.0995. The van der Waals surface area contributed by atoms with Crippen LogP contribution in [0.1, 0.15) is 44.5 Å². The monoisotopic (exact) mass is 1100 g/mol. The highest BCUT2D eigenvalue weighted by atomic mass is 79.9. The van der Waals surface area contributed by atoms with Crippen LogP contribution in [-0.4, -0.2) is 27.0 Å². The fourth-order valence-electron chi connectivity index (χ4n) is 13.8. The Labute approximate surface area is 469 Å². The van der Waals surface area contributed by atoms with Gasteiger partial charge in [-0.15, -0.1) is 0 Å². The van der Waals surface area contributed by atoms with Gasteiger partial charge in [0.05, 0.1) is 30.7 Å². The maximum absolute atomic E-state index is 12.0. The molecule has 0 fully saturated rings. The van der Waals surface area contributed by atoms with E-state index in [0.29, 0.717) is 15.5 Å². The second kappa shape index (κ2) is 18.8. The van der Waals surface area contributed by atoms with Crippen molar-refractivity contribution in [2.75, 3.05) is 0 Å². The van der Waals surface area contributed by atoms with Crippen LogP contribution in [0.25, 0.3) is 77.2 Å². The molecule has 4 aliphatic carbocycles. The zero-order chi connectivity index (χ0) is 54.4. The van der Waals surface area contributed by atoms with Gasteiger partial charge in [0.15, 0.2) is 0 Å². The van der Waals surface area contributed by atoms with Crippen molar-refractivity contribution in [1.82, 2.24) is 0 Å². The summed E-state index contributed by atoms with van der Waals surface area (Å²) in [5.74, 6) is 0. The Kier molecular flexibility index (Phi) is 11.5. The number of nitro benzene ring substituents is 2. The molecule has 0 unspecified atom stereocenters. The number of rotatable bonds is 4. The Balaban J connectivity index is 0.000000124.